The number of carbonyl (C=O) groups excluding carboxylic acids is 2. The molecule has 1 fully saturated rings. The van der Waals surface area contributed by atoms with Gasteiger partial charge in [-0.05, 0) is 36.2 Å². The standard InChI is InChI=1S/C18H16ClN3O4/c19-13-6-7-15(16(10-13)22(25)26)18(24)20-14-4-1-3-12(9-14)11-21-8-2-5-17(21)23/h1,3-4,6-7,9-10H,2,5,8,11H2,(H,20,24). The topological polar surface area (TPSA) is 92.6 Å². The molecule has 7 nitrogen and oxygen atoms in total. The Balaban J connectivity index is 1.77. The molecule has 1 heterocycles. The lowest BCUT2D eigenvalue weighted by molar-refractivity contribution is -0.385. The van der Waals surface area contributed by atoms with Crippen LogP contribution in [-0.4, -0.2) is 28.2 Å². The van der Waals surface area contributed by atoms with Crippen LogP contribution in [0.1, 0.15) is 28.8 Å². The molecule has 0 atom stereocenters. The minimum atomic E-state index is -0.643. The van der Waals surface area contributed by atoms with Crippen molar-refractivity contribution >= 4 is 34.8 Å². The molecule has 8 heteroatoms. The number of nitro groups is 1. The van der Waals surface area contributed by atoms with Crippen LogP contribution in [0.25, 0.3) is 0 Å². The first-order valence-electron chi connectivity index (χ1n) is 8.06. The van der Waals surface area contributed by atoms with E-state index in [4.69, 9.17) is 11.6 Å². The van der Waals surface area contributed by atoms with E-state index in [1.165, 1.54) is 12.1 Å². The zero-order chi connectivity index (χ0) is 18.7. The van der Waals surface area contributed by atoms with E-state index in [-0.39, 0.29) is 22.2 Å². The summed E-state index contributed by atoms with van der Waals surface area (Å²) in [6.45, 7) is 1.20. The summed E-state index contributed by atoms with van der Waals surface area (Å²) in [7, 11) is 0. The van der Waals surface area contributed by atoms with Gasteiger partial charge >= 0.3 is 0 Å². The van der Waals surface area contributed by atoms with Crippen LogP contribution in [0.2, 0.25) is 5.02 Å². The highest BCUT2D eigenvalue weighted by Crippen LogP contribution is 2.24. The Morgan fingerprint density at radius 2 is 2.08 bits per heavy atom. The second-order valence-electron chi connectivity index (χ2n) is 5.99. The quantitative estimate of drug-likeness (QED) is 0.639. The van der Waals surface area contributed by atoms with Crippen molar-refractivity contribution in [3.63, 3.8) is 0 Å². The van der Waals surface area contributed by atoms with Crippen molar-refractivity contribution in [1.29, 1.82) is 0 Å². The molecule has 0 bridgehead atoms. The van der Waals surface area contributed by atoms with Crippen molar-refractivity contribution in [2.45, 2.75) is 19.4 Å². The highest BCUT2D eigenvalue weighted by atomic mass is 35.5. The van der Waals surface area contributed by atoms with Gasteiger partial charge in [0, 0.05) is 36.3 Å². The van der Waals surface area contributed by atoms with E-state index in [0.29, 0.717) is 18.7 Å². The predicted octanol–water partition coefficient (Wildman–Crippen LogP) is 3.62. The third-order valence-corrected chi connectivity index (χ3v) is 4.37. The minimum Gasteiger partial charge on any atom is -0.338 e. The Morgan fingerprint density at radius 1 is 1.27 bits per heavy atom. The molecule has 0 radical (unpaired) electrons. The molecule has 0 aliphatic carbocycles. The fourth-order valence-electron chi connectivity index (χ4n) is 2.89. The van der Waals surface area contributed by atoms with Crippen LogP contribution in [0.3, 0.4) is 0 Å². The first-order valence-corrected chi connectivity index (χ1v) is 8.44. The van der Waals surface area contributed by atoms with E-state index in [2.05, 4.69) is 5.32 Å². The number of hydrogen-bond acceptors (Lipinski definition) is 4. The number of carbonyl (C=O) groups is 2. The molecule has 26 heavy (non-hydrogen) atoms. The maximum absolute atomic E-state index is 12.4. The molecule has 0 unspecified atom stereocenters. The van der Waals surface area contributed by atoms with Gasteiger partial charge in [-0.1, -0.05) is 23.7 Å². The Bertz CT molecular complexity index is 884. The Hall–Kier alpha value is -2.93. The van der Waals surface area contributed by atoms with Crippen LogP contribution in [-0.2, 0) is 11.3 Å². The lowest BCUT2D eigenvalue weighted by Crippen LogP contribution is -2.23. The molecule has 0 spiro atoms. The third kappa shape index (κ3) is 4.00. The van der Waals surface area contributed by atoms with Crippen LogP contribution >= 0.6 is 11.6 Å². The first kappa shape index (κ1) is 17.9. The molecule has 1 N–H and O–H groups in total. The predicted molar refractivity (Wildman–Crippen MR) is 97.2 cm³/mol. The van der Waals surface area contributed by atoms with Gasteiger partial charge in [0.15, 0.2) is 0 Å². The largest absolute Gasteiger partial charge is 0.338 e. The number of hydrogen-bond donors (Lipinski definition) is 1. The van der Waals surface area contributed by atoms with E-state index in [9.17, 15) is 19.7 Å². The summed E-state index contributed by atoms with van der Waals surface area (Å²) in [5.74, 6) is -0.473. The van der Waals surface area contributed by atoms with E-state index in [1.807, 2.05) is 6.07 Å². The summed E-state index contributed by atoms with van der Waals surface area (Å²) in [5.41, 5.74) is 0.959. The van der Waals surface area contributed by atoms with Crippen molar-refractivity contribution in [3.8, 4) is 0 Å². The second-order valence-corrected chi connectivity index (χ2v) is 6.43. The normalized spacial score (nSPS) is 13.7. The number of amides is 2. The molecule has 0 saturated carbocycles. The molecule has 1 aliphatic heterocycles. The van der Waals surface area contributed by atoms with Gasteiger partial charge in [0.2, 0.25) is 5.91 Å². The van der Waals surface area contributed by atoms with Gasteiger partial charge in [-0.3, -0.25) is 19.7 Å². The number of benzene rings is 2. The van der Waals surface area contributed by atoms with Crippen molar-refractivity contribution in [3.05, 3.63) is 68.7 Å². The van der Waals surface area contributed by atoms with Crippen molar-refractivity contribution < 1.29 is 14.5 Å². The molecule has 134 valence electrons. The van der Waals surface area contributed by atoms with E-state index in [0.717, 1.165) is 24.6 Å². The highest BCUT2D eigenvalue weighted by Gasteiger charge is 2.22. The summed E-state index contributed by atoms with van der Waals surface area (Å²) in [6, 6.07) is 11.0. The number of rotatable bonds is 5. The van der Waals surface area contributed by atoms with Gasteiger partial charge < -0.3 is 10.2 Å². The molecule has 0 aromatic heterocycles. The summed E-state index contributed by atoms with van der Waals surface area (Å²) in [5, 5.41) is 14.0. The van der Waals surface area contributed by atoms with Gasteiger partial charge in [0.05, 0.1) is 4.92 Å². The lowest BCUT2D eigenvalue weighted by Gasteiger charge is -2.16. The van der Waals surface area contributed by atoms with E-state index in [1.54, 1.807) is 23.1 Å². The van der Waals surface area contributed by atoms with Gasteiger partial charge in [-0.2, -0.15) is 0 Å². The van der Waals surface area contributed by atoms with Crippen molar-refractivity contribution in [2.24, 2.45) is 0 Å². The Kier molecular flexibility index (Phi) is 5.18. The number of likely N-dealkylation sites (tertiary alicyclic amines) is 1. The Labute approximate surface area is 154 Å². The summed E-state index contributed by atoms with van der Waals surface area (Å²) < 4.78 is 0. The number of anilines is 1. The van der Waals surface area contributed by atoms with Crippen LogP contribution in [0.4, 0.5) is 11.4 Å². The molecule has 2 amide bonds. The first-order chi connectivity index (χ1) is 12.4. The zero-order valence-electron chi connectivity index (χ0n) is 13.8. The number of nitrogens with zero attached hydrogens (tertiary/aromatic N) is 2. The van der Waals surface area contributed by atoms with Crippen LogP contribution in [0.5, 0.6) is 0 Å². The minimum absolute atomic E-state index is 0.0699. The van der Waals surface area contributed by atoms with E-state index < -0.39 is 10.8 Å². The number of nitro benzene ring substituents is 1. The fourth-order valence-corrected chi connectivity index (χ4v) is 3.05. The maximum Gasteiger partial charge on any atom is 0.283 e. The van der Waals surface area contributed by atoms with Gasteiger partial charge in [-0.25, -0.2) is 0 Å². The third-order valence-electron chi connectivity index (χ3n) is 4.13. The average molecular weight is 374 g/mol. The molecular formula is C18H16ClN3O4. The van der Waals surface area contributed by atoms with Gasteiger partial charge in [0.1, 0.15) is 5.56 Å². The Morgan fingerprint density at radius 3 is 2.77 bits per heavy atom. The van der Waals surface area contributed by atoms with Gasteiger partial charge in [-0.15, -0.1) is 0 Å². The second kappa shape index (κ2) is 7.53. The highest BCUT2D eigenvalue weighted by molar-refractivity contribution is 6.31. The maximum atomic E-state index is 12.4. The summed E-state index contributed by atoms with van der Waals surface area (Å²) in [4.78, 5) is 36.4. The van der Waals surface area contributed by atoms with Crippen LogP contribution in [0, 0.1) is 10.1 Å². The molecule has 1 saturated heterocycles. The molecular weight excluding hydrogens is 358 g/mol. The summed E-state index contributed by atoms with van der Waals surface area (Å²) in [6.07, 6.45) is 1.42. The van der Waals surface area contributed by atoms with E-state index >= 15 is 0 Å². The smallest absolute Gasteiger partial charge is 0.283 e. The zero-order valence-corrected chi connectivity index (χ0v) is 14.5. The summed E-state index contributed by atoms with van der Waals surface area (Å²) >= 11 is 5.77. The number of nitrogens with one attached hydrogen (secondary N) is 1. The monoisotopic (exact) mass is 373 g/mol. The fraction of sp³-hybridized carbons (Fsp3) is 0.222. The molecule has 1 aliphatic rings. The average Bonchev–Trinajstić information content (AvgIpc) is 2.99. The van der Waals surface area contributed by atoms with Crippen molar-refractivity contribution in [1.82, 2.24) is 4.90 Å². The molecule has 2 aromatic carbocycles. The molecule has 3 rings (SSSR count). The number of halogens is 1. The van der Waals surface area contributed by atoms with Crippen LogP contribution < -0.4 is 5.32 Å². The SMILES string of the molecule is O=C(Nc1cccc(CN2CCCC2=O)c1)c1ccc(Cl)cc1[N+](=O)[O-]. The van der Waals surface area contributed by atoms with Crippen molar-refractivity contribution in [2.75, 3.05) is 11.9 Å². The molecule has 2 aromatic rings. The van der Waals surface area contributed by atoms with Gasteiger partial charge in [0.25, 0.3) is 11.6 Å². The van der Waals surface area contributed by atoms with Crippen LogP contribution in [0.15, 0.2) is 42.5 Å². The lowest BCUT2D eigenvalue weighted by atomic mass is 10.1.